The minimum Gasteiger partial charge on any atom is -0.435 e. The molecule has 104 valence electrons. The molecule has 1 aromatic heterocycles. The molecule has 0 unspecified atom stereocenters. The van der Waals surface area contributed by atoms with Crippen LogP contribution in [0.5, 0.6) is 11.6 Å². The van der Waals surface area contributed by atoms with Gasteiger partial charge in [-0.3, -0.25) is 15.5 Å². The van der Waals surface area contributed by atoms with Crippen LogP contribution < -0.4 is 16.0 Å². The lowest BCUT2D eigenvalue weighted by molar-refractivity contribution is -0.384. The van der Waals surface area contributed by atoms with E-state index in [0.717, 1.165) is 12.3 Å². The van der Waals surface area contributed by atoms with Gasteiger partial charge in [-0.1, -0.05) is 0 Å². The number of halogens is 2. The minimum absolute atomic E-state index is 0.0415. The van der Waals surface area contributed by atoms with Gasteiger partial charge in [0, 0.05) is 6.07 Å². The largest absolute Gasteiger partial charge is 0.435 e. The summed E-state index contributed by atoms with van der Waals surface area (Å²) >= 11 is 3.14. The SMILES string of the molecule is NNc1ncc(F)c(Oc2cc([N+](=O)[O-])ccc2Br)n1. The summed E-state index contributed by atoms with van der Waals surface area (Å²) in [6.45, 7) is 0. The maximum absolute atomic E-state index is 13.5. The molecule has 1 heterocycles. The first-order valence-electron chi connectivity index (χ1n) is 5.12. The lowest BCUT2D eigenvalue weighted by atomic mass is 10.3. The van der Waals surface area contributed by atoms with Crippen molar-refractivity contribution in [2.45, 2.75) is 0 Å². The molecule has 0 amide bonds. The average molecular weight is 344 g/mol. The highest BCUT2D eigenvalue weighted by Gasteiger charge is 2.15. The molecule has 0 bridgehead atoms. The number of nitrogens with two attached hydrogens (primary N) is 1. The molecule has 10 heteroatoms. The Morgan fingerprint density at radius 3 is 2.90 bits per heavy atom. The molecule has 1 aromatic carbocycles. The number of nitrogens with one attached hydrogen (secondary N) is 1. The second-order valence-electron chi connectivity index (χ2n) is 3.46. The number of non-ortho nitro benzene ring substituents is 1. The van der Waals surface area contributed by atoms with Crippen LogP contribution in [0.4, 0.5) is 16.0 Å². The van der Waals surface area contributed by atoms with Crippen LogP contribution in [-0.4, -0.2) is 14.9 Å². The van der Waals surface area contributed by atoms with E-state index in [9.17, 15) is 14.5 Å². The number of nitro benzene ring substituents is 1. The predicted molar refractivity (Wildman–Crippen MR) is 70.7 cm³/mol. The van der Waals surface area contributed by atoms with Gasteiger partial charge in [-0.15, -0.1) is 0 Å². The zero-order chi connectivity index (χ0) is 14.7. The molecule has 0 atom stereocenters. The number of ether oxygens (including phenoxy) is 1. The van der Waals surface area contributed by atoms with Gasteiger partial charge in [0.1, 0.15) is 0 Å². The average Bonchev–Trinajstić information content (AvgIpc) is 2.43. The fraction of sp³-hybridized carbons (Fsp3) is 0. The van der Waals surface area contributed by atoms with Crippen LogP contribution in [0.25, 0.3) is 0 Å². The van der Waals surface area contributed by atoms with Crippen molar-refractivity contribution in [3.8, 4) is 11.6 Å². The number of aromatic nitrogens is 2. The summed E-state index contributed by atoms with van der Waals surface area (Å²) in [6, 6.07) is 3.83. The van der Waals surface area contributed by atoms with Gasteiger partial charge < -0.3 is 4.74 Å². The molecule has 3 N–H and O–H groups in total. The van der Waals surface area contributed by atoms with E-state index in [1.165, 1.54) is 12.1 Å². The van der Waals surface area contributed by atoms with Crippen LogP contribution in [0.15, 0.2) is 28.9 Å². The molecule has 0 fully saturated rings. The van der Waals surface area contributed by atoms with E-state index in [4.69, 9.17) is 10.6 Å². The number of hydrogen-bond acceptors (Lipinski definition) is 7. The molecule has 0 aliphatic heterocycles. The topological polar surface area (TPSA) is 116 Å². The van der Waals surface area contributed by atoms with Crippen LogP contribution >= 0.6 is 15.9 Å². The highest BCUT2D eigenvalue weighted by molar-refractivity contribution is 9.10. The molecular weight excluding hydrogens is 337 g/mol. The maximum Gasteiger partial charge on any atom is 0.273 e. The summed E-state index contributed by atoms with van der Waals surface area (Å²) in [5.41, 5.74) is 1.94. The zero-order valence-corrected chi connectivity index (χ0v) is 11.3. The second kappa shape index (κ2) is 5.75. The molecule has 20 heavy (non-hydrogen) atoms. The first-order valence-corrected chi connectivity index (χ1v) is 5.91. The van der Waals surface area contributed by atoms with Crippen molar-refractivity contribution in [2.24, 2.45) is 5.84 Å². The lowest BCUT2D eigenvalue weighted by Gasteiger charge is -2.08. The molecule has 2 rings (SSSR count). The van der Waals surface area contributed by atoms with Gasteiger partial charge >= 0.3 is 0 Å². The fourth-order valence-corrected chi connectivity index (χ4v) is 1.61. The van der Waals surface area contributed by atoms with E-state index < -0.39 is 16.6 Å². The molecule has 2 aromatic rings. The number of rotatable bonds is 4. The first kappa shape index (κ1) is 14.1. The Morgan fingerprint density at radius 1 is 1.50 bits per heavy atom. The van der Waals surface area contributed by atoms with Crippen molar-refractivity contribution in [1.29, 1.82) is 0 Å². The van der Waals surface area contributed by atoms with Crippen LogP contribution in [0.2, 0.25) is 0 Å². The van der Waals surface area contributed by atoms with Gasteiger partial charge in [0.05, 0.1) is 21.7 Å². The molecule has 0 saturated carbocycles. The monoisotopic (exact) mass is 343 g/mol. The number of nitrogen functional groups attached to an aromatic ring is 1. The molecule has 0 aliphatic carbocycles. The van der Waals surface area contributed by atoms with Gasteiger partial charge in [-0.05, 0) is 22.0 Å². The Hall–Kier alpha value is -2.33. The summed E-state index contributed by atoms with van der Waals surface area (Å²) in [5.74, 6) is 3.85. The first-order chi connectivity index (χ1) is 9.51. The molecule has 0 radical (unpaired) electrons. The maximum atomic E-state index is 13.5. The lowest BCUT2D eigenvalue weighted by Crippen LogP contribution is -2.11. The standard InChI is InChI=1S/C10H7BrFN5O3/c11-6-2-1-5(17(18)19)3-8(6)20-9-7(12)4-14-10(15-9)16-13/h1-4H,13H2,(H,14,15,16). The van der Waals surface area contributed by atoms with Crippen molar-refractivity contribution in [3.63, 3.8) is 0 Å². The van der Waals surface area contributed by atoms with Crippen LogP contribution in [0, 0.1) is 15.9 Å². The van der Waals surface area contributed by atoms with E-state index in [2.05, 4.69) is 31.3 Å². The second-order valence-corrected chi connectivity index (χ2v) is 4.32. The zero-order valence-electron chi connectivity index (χ0n) is 9.71. The third kappa shape index (κ3) is 2.97. The smallest absolute Gasteiger partial charge is 0.273 e. The van der Waals surface area contributed by atoms with Crippen molar-refractivity contribution in [1.82, 2.24) is 9.97 Å². The van der Waals surface area contributed by atoms with Crippen molar-refractivity contribution in [2.75, 3.05) is 5.43 Å². The normalized spacial score (nSPS) is 10.2. The van der Waals surface area contributed by atoms with Gasteiger partial charge in [0.2, 0.25) is 11.8 Å². The highest BCUT2D eigenvalue weighted by Crippen LogP contribution is 2.33. The van der Waals surface area contributed by atoms with Crippen LogP contribution in [0.1, 0.15) is 0 Å². The Kier molecular flexibility index (Phi) is 4.05. The summed E-state index contributed by atoms with van der Waals surface area (Å²) in [4.78, 5) is 17.3. The summed E-state index contributed by atoms with van der Waals surface area (Å²) in [6.07, 6.45) is 0.864. The van der Waals surface area contributed by atoms with Gasteiger partial charge in [-0.25, -0.2) is 10.8 Å². The fourth-order valence-electron chi connectivity index (χ4n) is 1.28. The number of anilines is 1. The van der Waals surface area contributed by atoms with Crippen molar-refractivity contribution in [3.05, 3.63) is 44.8 Å². The van der Waals surface area contributed by atoms with E-state index in [0.29, 0.717) is 4.47 Å². The number of hydrogen-bond donors (Lipinski definition) is 2. The quantitative estimate of drug-likeness (QED) is 0.497. The van der Waals surface area contributed by atoms with E-state index in [-0.39, 0.29) is 17.4 Å². The Balaban J connectivity index is 2.38. The molecular formula is C10H7BrFN5O3. The van der Waals surface area contributed by atoms with E-state index >= 15 is 0 Å². The van der Waals surface area contributed by atoms with Crippen LogP contribution in [-0.2, 0) is 0 Å². The molecule has 8 nitrogen and oxygen atoms in total. The van der Waals surface area contributed by atoms with E-state index in [1.54, 1.807) is 0 Å². The number of benzene rings is 1. The number of nitro groups is 1. The predicted octanol–water partition coefficient (Wildman–Crippen LogP) is 2.36. The van der Waals surface area contributed by atoms with E-state index in [1.807, 2.05) is 0 Å². The molecule has 0 saturated heterocycles. The Morgan fingerprint density at radius 2 is 2.25 bits per heavy atom. The third-order valence-corrected chi connectivity index (χ3v) is 2.83. The third-order valence-electron chi connectivity index (χ3n) is 2.17. The van der Waals surface area contributed by atoms with Gasteiger partial charge in [0.25, 0.3) is 11.6 Å². The molecule has 0 aliphatic rings. The summed E-state index contributed by atoms with van der Waals surface area (Å²) < 4.78 is 19.1. The summed E-state index contributed by atoms with van der Waals surface area (Å²) in [5, 5.41) is 10.7. The number of nitrogens with zero attached hydrogens (tertiary/aromatic N) is 3. The highest BCUT2D eigenvalue weighted by atomic mass is 79.9. The van der Waals surface area contributed by atoms with Gasteiger partial charge in [0.15, 0.2) is 5.75 Å². The van der Waals surface area contributed by atoms with Crippen molar-refractivity contribution < 1.29 is 14.1 Å². The Labute approximate surface area is 120 Å². The van der Waals surface area contributed by atoms with Crippen molar-refractivity contribution >= 4 is 27.6 Å². The summed E-state index contributed by atoms with van der Waals surface area (Å²) in [7, 11) is 0. The van der Waals surface area contributed by atoms with Gasteiger partial charge in [-0.2, -0.15) is 9.37 Å². The number of hydrazine groups is 1. The Bertz CT molecular complexity index is 669. The minimum atomic E-state index is -0.831. The van der Waals surface area contributed by atoms with Crippen LogP contribution in [0.3, 0.4) is 0 Å². The molecule has 0 spiro atoms.